The Bertz CT molecular complexity index is 678. The smallest absolute Gasteiger partial charge is 0.171 e. The minimum atomic E-state index is 0.0447. The van der Waals surface area contributed by atoms with Crippen LogP contribution in [0.4, 0.5) is 5.69 Å². The van der Waals surface area contributed by atoms with Gasteiger partial charge in [-0.2, -0.15) is 0 Å². The second-order valence-electron chi connectivity index (χ2n) is 5.31. The zero-order valence-corrected chi connectivity index (χ0v) is 15.0. The van der Waals surface area contributed by atoms with Crippen molar-refractivity contribution in [2.45, 2.75) is 26.8 Å². The van der Waals surface area contributed by atoms with Gasteiger partial charge in [0.15, 0.2) is 5.11 Å². The molecule has 0 spiro atoms. The molecule has 22 heavy (non-hydrogen) atoms. The fraction of sp³-hybridized carbons (Fsp3) is 0.235. The minimum absolute atomic E-state index is 0.0447. The Labute approximate surface area is 146 Å². The van der Waals surface area contributed by atoms with Crippen LogP contribution in [0.3, 0.4) is 0 Å². The van der Waals surface area contributed by atoms with Crippen molar-refractivity contribution in [3.63, 3.8) is 0 Å². The topological polar surface area (TPSA) is 24.1 Å². The van der Waals surface area contributed by atoms with E-state index in [0.29, 0.717) is 15.2 Å². The van der Waals surface area contributed by atoms with Crippen LogP contribution in [-0.2, 0) is 0 Å². The summed E-state index contributed by atoms with van der Waals surface area (Å²) in [4.78, 5) is 0. The molecule has 2 aromatic carbocycles. The van der Waals surface area contributed by atoms with Gasteiger partial charge in [0.2, 0.25) is 0 Å². The highest BCUT2D eigenvalue weighted by Gasteiger charge is 2.10. The first-order valence-corrected chi connectivity index (χ1v) is 8.13. The molecule has 0 fully saturated rings. The molecule has 0 aliphatic heterocycles. The fourth-order valence-electron chi connectivity index (χ4n) is 2.28. The third kappa shape index (κ3) is 4.35. The lowest BCUT2D eigenvalue weighted by Gasteiger charge is -2.19. The van der Waals surface area contributed by atoms with Crippen LogP contribution in [0.1, 0.15) is 29.7 Å². The third-order valence-corrected chi connectivity index (χ3v) is 4.12. The number of nitrogens with one attached hydrogen (secondary N) is 2. The molecular weight excluding hydrogens is 335 g/mol. The molecule has 0 heterocycles. The molecule has 0 radical (unpaired) electrons. The summed E-state index contributed by atoms with van der Waals surface area (Å²) in [5, 5.41) is 8.32. The van der Waals surface area contributed by atoms with Crippen molar-refractivity contribution in [3.8, 4) is 0 Å². The van der Waals surface area contributed by atoms with Gasteiger partial charge in [-0.1, -0.05) is 41.4 Å². The van der Waals surface area contributed by atoms with Crippen molar-refractivity contribution in [3.05, 3.63) is 63.1 Å². The molecule has 2 nitrogen and oxygen atoms in total. The van der Waals surface area contributed by atoms with Crippen LogP contribution in [-0.4, -0.2) is 5.11 Å². The molecule has 0 saturated heterocycles. The van der Waals surface area contributed by atoms with Crippen LogP contribution < -0.4 is 10.6 Å². The SMILES string of the molecule is Cc1cc(C)c(NC(=S)N[C@@H](C)c2cccc(Cl)c2)c(Cl)c1. The van der Waals surface area contributed by atoms with E-state index >= 15 is 0 Å². The van der Waals surface area contributed by atoms with Gasteiger partial charge in [-0.25, -0.2) is 0 Å². The van der Waals surface area contributed by atoms with Crippen molar-refractivity contribution in [2.24, 2.45) is 0 Å². The van der Waals surface area contributed by atoms with Crippen molar-refractivity contribution in [2.75, 3.05) is 5.32 Å². The molecule has 2 N–H and O–H groups in total. The zero-order valence-electron chi connectivity index (χ0n) is 12.7. The number of thiocarbonyl (C=S) groups is 1. The van der Waals surface area contributed by atoms with E-state index in [4.69, 9.17) is 35.4 Å². The maximum absolute atomic E-state index is 6.29. The first kappa shape index (κ1) is 17.1. The number of hydrogen-bond acceptors (Lipinski definition) is 1. The van der Waals surface area contributed by atoms with E-state index in [1.165, 1.54) is 0 Å². The van der Waals surface area contributed by atoms with Crippen LogP contribution in [0, 0.1) is 13.8 Å². The van der Waals surface area contributed by atoms with E-state index in [0.717, 1.165) is 22.4 Å². The molecule has 0 amide bonds. The fourth-order valence-corrected chi connectivity index (χ4v) is 3.13. The molecule has 0 saturated carbocycles. The van der Waals surface area contributed by atoms with Gasteiger partial charge in [0.25, 0.3) is 0 Å². The predicted molar refractivity (Wildman–Crippen MR) is 100 cm³/mol. The lowest BCUT2D eigenvalue weighted by Crippen LogP contribution is -2.31. The highest BCUT2D eigenvalue weighted by atomic mass is 35.5. The van der Waals surface area contributed by atoms with Crippen molar-refractivity contribution < 1.29 is 0 Å². The van der Waals surface area contributed by atoms with E-state index in [-0.39, 0.29) is 6.04 Å². The highest BCUT2D eigenvalue weighted by molar-refractivity contribution is 7.80. The average molecular weight is 353 g/mol. The van der Waals surface area contributed by atoms with Crippen molar-refractivity contribution >= 4 is 46.2 Å². The van der Waals surface area contributed by atoms with E-state index in [9.17, 15) is 0 Å². The zero-order chi connectivity index (χ0) is 16.3. The number of aryl methyl sites for hydroxylation is 2. The minimum Gasteiger partial charge on any atom is -0.356 e. The summed E-state index contributed by atoms with van der Waals surface area (Å²) in [6, 6.07) is 11.7. The standard InChI is InChI=1S/C17H18Cl2N2S/c1-10-7-11(2)16(15(19)8-10)21-17(22)20-12(3)13-5-4-6-14(18)9-13/h4-9,12H,1-3H3,(H2,20,21,22)/t12-/m0/s1. The molecule has 116 valence electrons. The Balaban J connectivity index is 2.07. The molecule has 0 aliphatic rings. The van der Waals surface area contributed by atoms with E-state index in [1.807, 2.05) is 51.1 Å². The molecule has 5 heteroatoms. The van der Waals surface area contributed by atoms with Gasteiger partial charge in [-0.3, -0.25) is 0 Å². The first-order valence-electron chi connectivity index (χ1n) is 6.96. The second kappa shape index (κ2) is 7.32. The number of benzene rings is 2. The number of rotatable bonds is 3. The third-order valence-electron chi connectivity index (χ3n) is 3.37. The van der Waals surface area contributed by atoms with Crippen molar-refractivity contribution in [1.82, 2.24) is 5.32 Å². The van der Waals surface area contributed by atoms with Gasteiger partial charge in [0.1, 0.15) is 0 Å². The quantitative estimate of drug-likeness (QED) is 0.697. The van der Waals surface area contributed by atoms with Gasteiger partial charge in [-0.15, -0.1) is 0 Å². The monoisotopic (exact) mass is 352 g/mol. The predicted octanol–water partition coefficient (Wildman–Crippen LogP) is 5.66. The molecular formula is C17H18Cl2N2S. The van der Waals surface area contributed by atoms with Crippen LogP contribution in [0.15, 0.2) is 36.4 Å². The van der Waals surface area contributed by atoms with E-state index < -0.39 is 0 Å². The lowest BCUT2D eigenvalue weighted by molar-refractivity contribution is 0.722. The number of anilines is 1. The Kier molecular flexibility index (Phi) is 5.68. The molecule has 0 aliphatic carbocycles. The Hall–Kier alpha value is -1.29. The van der Waals surface area contributed by atoms with Gasteiger partial charge in [0, 0.05) is 5.02 Å². The highest BCUT2D eigenvalue weighted by Crippen LogP contribution is 2.27. The van der Waals surface area contributed by atoms with E-state index in [1.54, 1.807) is 0 Å². The number of hydrogen-bond donors (Lipinski definition) is 2. The van der Waals surface area contributed by atoms with Crippen LogP contribution in [0.25, 0.3) is 0 Å². The summed E-state index contributed by atoms with van der Waals surface area (Å²) in [6.45, 7) is 6.05. The summed E-state index contributed by atoms with van der Waals surface area (Å²) >= 11 is 17.7. The van der Waals surface area contributed by atoms with Gasteiger partial charge < -0.3 is 10.6 Å². The van der Waals surface area contributed by atoms with Crippen molar-refractivity contribution in [1.29, 1.82) is 0 Å². The lowest BCUT2D eigenvalue weighted by atomic mass is 10.1. The summed E-state index contributed by atoms with van der Waals surface area (Å²) in [6.07, 6.45) is 0. The molecule has 0 bridgehead atoms. The molecule has 2 aromatic rings. The Morgan fingerprint density at radius 1 is 1.14 bits per heavy atom. The molecule has 0 unspecified atom stereocenters. The summed E-state index contributed by atoms with van der Waals surface area (Å²) in [5.41, 5.74) is 4.09. The van der Waals surface area contributed by atoms with E-state index in [2.05, 4.69) is 16.7 Å². The molecule has 1 atom stereocenters. The maximum atomic E-state index is 6.29. The van der Waals surface area contributed by atoms with Crippen LogP contribution in [0.5, 0.6) is 0 Å². The molecule has 0 aromatic heterocycles. The maximum Gasteiger partial charge on any atom is 0.171 e. The Morgan fingerprint density at radius 3 is 2.50 bits per heavy atom. The second-order valence-corrected chi connectivity index (χ2v) is 6.57. The Morgan fingerprint density at radius 2 is 1.86 bits per heavy atom. The van der Waals surface area contributed by atoms with Gasteiger partial charge >= 0.3 is 0 Å². The molecule has 2 rings (SSSR count). The van der Waals surface area contributed by atoms with Gasteiger partial charge in [0.05, 0.1) is 16.8 Å². The largest absolute Gasteiger partial charge is 0.356 e. The summed E-state index contributed by atoms with van der Waals surface area (Å²) < 4.78 is 0. The van der Waals surface area contributed by atoms with Crippen LogP contribution in [0.2, 0.25) is 10.0 Å². The first-order chi connectivity index (χ1) is 10.4. The van der Waals surface area contributed by atoms with Crippen LogP contribution >= 0.6 is 35.4 Å². The summed E-state index contributed by atoms with van der Waals surface area (Å²) in [7, 11) is 0. The summed E-state index contributed by atoms with van der Waals surface area (Å²) in [5.74, 6) is 0. The average Bonchev–Trinajstić information content (AvgIpc) is 2.42. The normalized spacial score (nSPS) is 11.9. The number of halogens is 2. The van der Waals surface area contributed by atoms with Gasteiger partial charge in [-0.05, 0) is 67.9 Å².